The number of aliphatic hydroxyl groups is 2. The molecule has 0 saturated heterocycles. The van der Waals surface area contributed by atoms with Crippen LogP contribution in [-0.2, 0) is 9.09 Å². The van der Waals surface area contributed by atoms with Gasteiger partial charge in [-0.2, -0.15) is 8.78 Å². The molecule has 4 unspecified atom stereocenters. The monoisotopic (exact) mass is 272 g/mol. The van der Waals surface area contributed by atoms with E-state index in [4.69, 9.17) is 10.5 Å². The lowest BCUT2D eigenvalue weighted by Crippen LogP contribution is -2.35. The van der Waals surface area contributed by atoms with Crippen LogP contribution in [0.4, 0.5) is 8.78 Å². The highest BCUT2D eigenvalue weighted by Crippen LogP contribution is 2.47. The quantitative estimate of drug-likeness (QED) is 0.464. The molecular weight excluding hydrogens is 255 g/mol. The van der Waals surface area contributed by atoms with Crippen LogP contribution in [0.5, 0.6) is 0 Å². The zero-order valence-electron chi connectivity index (χ0n) is 9.64. The average molecular weight is 272 g/mol. The molecule has 0 aliphatic heterocycles. The van der Waals surface area contributed by atoms with Crippen molar-refractivity contribution >= 4 is 14.2 Å². The number of hydrogen-bond donors (Lipinski definition) is 3. The van der Waals surface area contributed by atoms with Gasteiger partial charge in [-0.25, -0.2) is 0 Å². The fourth-order valence-electron chi connectivity index (χ4n) is 1.23. The number of rotatable bonds is 8. The normalized spacial score (nSPS) is 18.4. The van der Waals surface area contributed by atoms with Crippen molar-refractivity contribution in [2.24, 2.45) is 5.92 Å². The van der Waals surface area contributed by atoms with E-state index in [0.29, 0.717) is 6.21 Å². The molecule has 0 amide bonds. The largest absolute Gasteiger partial charge is 0.586 e. The first-order chi connectivity index (χ1) is 7.76. The molecule has 0 spiro atoms. The molecule has 0 heterocycles. The number of halogens is 2. The Labute approximate surface area is 99.2 Å². The van der Waals surface area contributed by atoms with Gasteiger partial charge in [0, 0.05) is 6.21 Å². The second-order valence-corrected chi connectivity index (χ2v) is 5.10. The molecule has 100 valence electrons. The molecule has 0 aliphatic rings. The van der Waals surface area contributed by atoms with E-state index in [2.05, 4.69) is 4.52 Å². The Morgan fingerprint density at radius 2 is 2.06 bits per heavy atom. The first-order valence-corrected chi connectivity index (χ1v) is 6.28. The molecule has 3 N–H and O–H groups in total. The van der Waals surface area contributed by atoms with E-state index < -0.39 is 38.2 Å². The minimum absolute atomic E-state index is 0.0924. The van der Waals surface area contributed by atoms with Gasteiger partial charge in [-0.3, -0.25) is 0 Å². The molecule has 0 aromatic rings. The highest BCUT2D eigenvalue weighted by Gasteiger charge is 2.55. The predicted octanol–water partition coefficient (Wildman–Crippen LogP) is 1.76. The van der Waals surface area contributed by atoms with Crippen LogP contribution in [0, 0.1) is 11.3 Å². The maximum absolute atomic E-state index is 13.3. The number of aliphatic hydroxyl groups excluding tert-OH is 2. The van der Waals surface area contributed by atoms with Crippen molar-refractivity contribution in [2.75, 3.05) is 6.61 Å². The van der Waals surface area contributed by atoms with Crippen molar-refractivity contribution in [3.8, 4) is 0 Å². The zero-order valence-corrected chi connectivity index (χ0v) is 10.5. The van der Waals surface area contributed by atoms with E-state index in [1.165, 1.54) is 13.8 Å². The lowest BCUT2D eigenvalue weighted by molar-refractivity contribution is -0.0162. The molecule has 0 aromatic heterocycles. The van der Waals surface area contributed by atoms with Crippen LogP contribution < -0.4 is 0 Å². The molecule has 0 bridgehead atoms. The Kier molecular flexibility index (Phi) is 6.85. The Morgan fingerprint density at radius 3 is 2.47 bits per heavy atom. The second kappa shape index (κ2) is 7.06. The third kappa shape index (κ3) is 5.12. The van der Waals surface area contributed by atoms with Gasteiger partial charge in [0.25, 0.3) is 0 Å². The molecule has 0 aliphatic carbocycles. The highest BCUT2D eigenvalue weighted by molar-refractivity contribution is 7.40. The van der Waals surface area contributed by atoms with Crippen LogP contribution in [0.15, 0.2) is 0 Å². The van der Waals surface area contributed by atoms with Gasteiger partial charge in [0.05, 0.1) is 19.1 Å². The summed E-state index contributed by atoms with van der Waals surface area (Å²) in [5, 5.41) is 25.2. The molecule has 4 atom stereocenters. The molecular formula is C9H17F2NO4P+. The van der Waals surface area contributed by atoms with E-state index in [-0.39, 0.29) is 6.61 Å². The zero-order chi connectivity index (χ0) is 13.6. The minimum Gasteiger partial charge on any atom is -0.390 e. The maximum Gasteiger partial charge on any atom is 0.586 e. The van der Waals surface area contributed by atoms with Gasteiger partial charge in [0.1, 0.15) is 6.10 Å². The second-order valence-electron chi connectivity index (χ2n) is 3.67. The molecule has 0 rings (SSSR count). The SMILES string of the molecule is CCO[P+](=O)C(F)(F)CC(C)C(O)C(O)C=N. The summed E-state index contributed by atoms with van der Waals surface area (Å²) in [5.41, 5.74) is -3.56. The van der Waals surface area contributed by atoms with Crippen molar-refractivity contribution in [2.45, 2.75) is 38.1 Å². The summed E-state index contributed by atoms with van der Waals surface area (Å²) in [6.07, 6.45) is -3.33. The fraction of sp³-hybridized carbons (Fsp3) is 0.889. The summed E-state index contributed by atoms with van der Waals surface area (Å²) in [5.74, 6) is -1.01. The van der Waals surface area contributed by atoms with E-state index in [0.717, 1.165) is 0 Å². The average Bonchev–Trinajstić information content (AvgIpc) is 2.26. The van der Waals surface area contributed by atoms with E-state index in [9.17, 15) is 18.5 Å². The summed E-state index contributed by atoms with van der Waals surface area (Å²) < 4.78 is 42.0. The van der Waals surface area contributed by atoms with Gasteiger partial charge in [0.2, 0.25) is 0 Å². The van der Waals surface area contributed by atoms with Crippen molar-refractivity contribution in [3.63, 3.8) is 0 Å². The highest BCUT2D eigenvalue weighted by atomic mass is 31.1. The third-order valence-corrected chi connectivity index (χ3v) is 3.39. The Hall–Kier alpha value is -0.490. The van der Waals surface area contributed by atoms with E-state index in [1.807, 2.05) is 0 Å². The molecule has 8 heteroatoms. The molecule has 0 aromatic carbocycles. The predicted molar refractivity (Wildman–Crippen MR) is 58.8 cm³/mol. The Balaban J connectivity index is 4.49. The first kappa shape index (κ1) is 16.5. The summed E-state index contributed by atoms with van der Waals surface area (Å²) in [6, 6.07) is 0. The van der Waals surface area contributed by atoms with Gasteiger partial charge in [-0.05, 0) is 17.4 Å². The van der Waals surface area contributed by atoms with Crippen molar-refractivity contribution in [1.82, 2.24) is 0 Å². The Morgan fingerprint density at radius 1 is 1.53 bits per heavy atom. The van der Waals surface area contributed by atoms with Crippen LogP contribution >= 0.6 is 8.03 Å². The van der Waals surface area contributed by atoms with Crippen molar-refractivity contribution in [1.29, 1.82) is 5.41 Å². The molecule has 17 heavy (non-hydrogen) atoms. The van der Waals surface area contributed by atoms with Crippen molar-refractivity contribution in [3.05, 3.63) is 0 Å². The summed E-state index contributed by atoms with van der Waals surface area (Å²) in [4.78, 5) is 0. The molecule has 5 nitrogen and oxygen atoms in total. The van der Waals surface area contributed by atoms with Gasteiger partial charge < -0.3 is 15.6 Å². The van der Waals surface area contributed by atoms with Crippen LogP contribution in [0.2, 0.25) is 0 Å². The van der Waals surface area contributed by atoms with Gasteiger partial charge in [-0.1, -0.05) is 6.92 Å². The van der Waals surface area contributed by atoms with Crippen LogP contribution in [0.3, 0.4) is 0 Å². The molecule has 0 saturated carbocycles. The van der Waals surface area contributed by atoms with Crippen molar-refractivity contribution < 1.29 is 28.1 Å². The standard InChI is InChI=1S/C9H17F2NO4P/c1-3-16-17(15)9(10,11)4-6(2)8(14)7(13)5-12/h5-8,12-14H,3-4H2,1-2H3/q+1. The van der Waals surface area contributed by atoms with Gasteiger partial charge >= 0.3 is 13.7 Å². The Bertz CT molecular complexity index is 278. The summed E-state index contributed by atoms with van der Waals surface area (Å²) >= 11 is 0. The number of alkyl halides is 2. The summed E-state index contributed by atoms with van der Waals surface area (Å²) in [6.45, 7) is 2.63. The number of hydrogen-bond acceptors (Lipinski definition) is 5. The van der Waals surface area contributed by atoms with Crippen LogP contribution in [0.1, 0.15) is 20.3 Å². The number of nitrogens with one attached hydrogen (secondary N) is 1. The van der Waals surface area contributed by atoms with Gasteiger partial charge in [-0.15, -0.1) is 4.52 Å². The summed E-state index contributed by atoms with van der Waals surface area (Å²) in [7, 11) is -3.14. The van der Waals surface area contributed by atoms with E-state index >= 15 is 0 Å². The van der Waals surface area contributed by atoms with Crippen LogP contribution in [0.25, 0.3) is 0 Å². The lowest BCUT2D eigenvalue weighted by atomic mass is 9.97. The van der Waals surface area contributed by atoms with E-state index in [1.54, 1.807) is 0 Å². The lowest BCUT2D eigenvalue weighted by Gasteiger charge is -2.21. The molecule has 0 fully saturated rings. The van der Waals surface area contributed by atoms with Gasteiger partial charge in [0.15, 0.2) is 0 Å². The minimum atomic E-state index is -3.56. The first-order valence-electron chi connectivity index (χ1n) is 5.11. The molecule has 0 radical (unpaired) electrons. The third-order valence-electron chi connectivity index (χ3n) is 2.18. The smallest absolute Gasteiger partial charge is 0.390 e. The van der Waals surface area contributed by atoms with Crippen LogP contribution in [-0.4, -0.2) is 40.9 Å². The topological polar surface area (TPSA) is 90.6 Å². The maximum atomic E-state index is 13.3. The fourth-order valence-corrected chi connectivity index (χ4v) is 2.09.